The molecule has 30 heavy (non-hydrogen) atoms. The van der Waals surface area contributed by atoms with E-state index in [1.54, 1.807) is 36.4 Å². The van der Waals surface area contributed by atoms with Gasteiger partial charge in [-0.3, -0.25) is 4.79 Å². The van der Waals surface area contributed by atoms with Crippen LogP contribution in [-0.4, -0.2) is 24.1 Å². The first-order valence-electron chi connectivity index (χ1n) is 9.34. The maximum atomic E-state index is 13.5. The van der Waals surface area contributed by atoms with Crippen LogP contribution in [0.1, 0.15) is 28.8 Å². The van der Waals surface area contributed by atoms with Crippen LogP contribution in [0.5, 0.6) is 0 Å². The van der Waals surface area contributed by atoms with Gasteiger partial charge in [0.25, 0.3) is 10.0 Å². The summed E-state index contributed by atoms with van der Waals surface area (Å²) in [7, 11) is -3.95. The van der Waals surface area contributed by atoms with E-state index in [1.165, 1.54) is 6.20 Å². The molecule has 4 rings (SSSR count). The van der Waals surface area contributed by atoms with Gasteiger partial charge in [0.2, 0.25) is 0 Å². The zero-order valence-corrected chi connectivity index (χ0v) is 17.4. The molecule has 0 aliphatic rings. The number of alkyl halides is 1. The van der Waals surface area contributed by atoms with Crippen molar-refractivity contribution in [2.45, 2.75) is 17.7 Å². The number of benzene rings is 3. The van der Waals surface area contributed by atoms with Crippen LogP contribution in [0.15, 0.2) is 71.8 Å². The molecule has 0 spiro atoms. The Morgan fingerprint density at radius 2 is 1.80 bits per heavy atom. The third-order valence-corrected chi connectivity index (χ3v) is 6.95. The van der Waals surface area contributed by atoms with Gasteiger partial charge in [0.1, 0.15) is 0 Å². The number of halogens is 1. The Kier molecular flexibility index (Phi) is 5.33. The van der Waals surface area contributed by atoms with Gasteiger partial charge in [-0.05, 0) is 47.5 Å². The number of carbonyl (C=O) groups is 1. The molecule has 0 bridgehead atoms. The molecule has 1 aromatic heterocycles. The average molecular weight is 437 g/mol. The Morgan fingerprint density at radius 3 is 2.53 bits per heavy atom. The van der Waals surface area contributed by atoms with Crippen LogP contribution in [0.25, 0.3) is 21.7 Å². The molecule has 7 heteroatoms. The number of hydrogen-bond donors (Lipinski definition) is 0. The largest absolute Gasteiger partial charge is 0.294 e. The number of carbonyl (C=O) groups excluding carboxylic acids is 1. The minimum Gasteiger partial charge on any atom is -0.294 e. The van der Waals surface area contributed by atoms with Gasteiger partial charge in [0, 0.05) is 29.4 Å². The van der Waals surface area contributed by atoms with Crippen LogP contribution >= 0.6 is 11.6 Å². The summed E-state index contributed by atoms with van der Waals surface area (Å²) in [6.07, 6.45) is 2.05. The molecule has 0 aliphatic carbocycles. The van der Waals surface area contributed by atoms with E-state index in [4.69, 9.17) is 11.6 Å². The van der Waals surface area contributed by atoms with E-state index in [9.17, 15) is 18.5 Å². The SMILES string of the molecule is N#Cc1ccc2c(c1)c(C(=O)CCCCl)cn2S(=O)(=O)c1ccc2ccccc2c1. The highest BCUT2D eigenvalue weighted by atomic mass is 35.5. The van der Waals surface area contributed by atoms with E-state index in [2.05, 4.69) is 0 Å². The highest BCUT2D eigenvalue weighted by molar-refractivity contribution is 7.90. The molecule has 0 amide bonds. The average Bonchev–Trinajstić information content (AvgIpc) is 3.16. The Bertz CT molecular complexity index is 1430. The number of fused-ring (bicyclic) bond motifs is 2. The lowest BCUT2D eigenvalue weighted by atomic mass is 10.0. The lowest BCUT2D eigenvalue weighted by Gasteiger charge is -2.09. The van der Waals surface area contributed by atoms with Crippen LogP contribution in [-0.2, 0) is 10.0 Å². The summed E-state index contributed by atoms with van der Waals surface area (Å²) >= 11 is 5.71. The molecule has 4 aromatic rings. The summed E-state index contributed by atoms with van der Waals surface area (Å²) in [5.74, 6) is 0.131. The van der Waals surface area contributed by atoms with Gasteiger partial charge < -0.3 is 0 Å². The lowest BCUT2D eigenvalue weighted by Crippen LogP contribution is -2.12. The molecular formula is C23H17ClN2O3S. The van der Waals surface area contributed by atoms with Crippen molar-refractivity contribution < 1.29 is 13.2 Å². The van der Waals surface area contributed by atoms with E-state index < -0.39 is 10.0 Å². The molecule has 0 unspecified atom stereocenters. The fourth-order valence-electron chi connectivity index (χ4n) is 3.49. The number of nitrogens with zero attached hydrogens (tertiary/aromatic N) is 2. The maximum absolute atomic E-state index is 13.5. The highest BCUT2D eigenvalue weighted by Gasteiger charge is 2.24. The molecule has 0 radical (unpaired) electrons. The van der Waals surface area contributed by atoms with E-state index in [-0.39, 0.29) is 22.7 Å². The number of Topliss-reactive ketones (excluding diaryl/α,β-unsaturated/α-hetero) is 1. The summed E-state index contributed by atoms with van der Waals surface area (Å²) < 4.78 is 28.0. The van der Waals surface area contributed by atoms with Gasteiger partial charge in [-0.15, -0.1) is 11.6 Å². The van der Waals surface area contributed by atoms with E-state index in [0.717, 1.165) is 14.7 Å². The normalized spacial score (nSPS) is 11.6. The monoisotopic (exact) mass is 436 g/mol. The molecule has 0 fully saturated rings. The van der Waals surface area contributed by atoms with Gasteiger partial charge in [0.05, 0.1) is 22.0 Å². The van der Waals surface area contributed by atoms with Gasteiger partial charge in [-0.2, -0.15) is 5.26 Å². The van der Waals surface area contributed by atoms with Crippen LogP contribution in [0.3, 0.4) is 0 Å². The lowest BCUT2D eigenvalue weighted by molar-refractivity contribution is 0.0983. The quantitative estimate of drug-likeness (QED) is 0.311. The summed E-state index contributed by atoms with van der Waals surface area (Å²) in [6, 6.07) is 19.1. The van der Waals surface area contributed by atoms with Gasteiger partial charge in [-0.25, -0.2) is 12.4 Å². The third-order valence-electron chi connectivity index (χ3n) is 5.02. The van der Waals surface area contributed by atoms with Crippen molar-refractivity contribution >= 4 is 49.1 Å². The third kappa shape index (κ3) is 3.47. The van der Waals surface area contributed by atoms with Crippen LogP contribution in [0.2, 0.25) is 0 Å². The second kappa shape index (κ2) is 7.94. The molecule has 0 N–H and O–H groups in total. The molecular weight excluding hydrogens is 420 g/mol. The van der Waals surface area contributed by atoms with Crippen LogP contribution in [0, 0.1) is 11.3 Å². The molecule has 0 saturated carbocycles. The van der Waals surface area contributed by atoms with Crippen molar-refractivity contribution in [3.63, 3.8) is 0 Å². The molecule has 0 aliphatic heterocycles. The standard InChI is InChI=1S/C23H17ClN2O3S/c24-11-3-6-23(27)21-15-26(22-10-7-16(14-25)12-20(21)22)30(28,29)19-9-8-17-4-1-2-5-18(17)13-19/h1-2,4-5,7-10,12-13,15H,3,6,11H2. The van der Waals surface area contributed by atoms with Crippen molar-refractivity contribution in [3.8, 4) is 6.07 Å². The first-order valence-corrected chi connectivity index (χ1v) is 11.3. The molecule has 5 nitrogen and oxygen atoms in total. The van der Waals surface area contributed by atoms with Crippen molar-refractivity contribution in [3.05, 3.63) is 78.0 Å². The summed E-state index contributed by atoms with van der Waals surface area (Å²) in [6.45, 7) is 0. The van der Waals surface area contributed by atoms with E-state index in [1.807, 2.05) is 30.3 Å². The molecule has 0 saturated heterocycles. The van der Waals surface area contributed by atoms with Gasteiger partial charge >= 0.3 is 0 Å². The number of rotatable bonds is 6. The second-order valence-corrected chi connectivity index (χ2v) is 9.10. The Hall–Kier alpha value is -3.14. The summed E-state index contributed by atoms with van der Waals surface area (Å²) in [5.41, 5.74) is 0.989. The van der Waals surface area contributed by atoms with Crippen LogP contribution < -0.4 is 0 Å². The second-order valence-electron chi connectivity index (χ2n) is 6.91. The Morgan fingerprint density at radius 1 is 1.03 bits per heavy atom. The first-order chi connectivity index (χ1) is 14.5. The first kappa shape index (κ1) is 20.1. The molecule has 0 atom stereocenters. The summed E-state index contributed by atoms with van der Waals surface area (Å²) in [4.78, 5) is 12.8. The molecule has 3 aromatic carbocycles. The topological polar surface area (TPSA) is 79.9 Å². The highest BCUT2D eigenvalue weighted by Crippen LogP contribution is 2.29. The van der Waals surface area contributed by atoms with Crippen molar-refractivity contribution in [2.24, 2.45) is 0 Å². The predicted molar refractivity (Wildman–Crippen MR) is 117 cm³/mol. The Labute approximate surface area is 179 Å². The van der Waals surface area contributed by atoms with E-state index in [0.29, 0.717) is 28.8 Å². The number of ketones is 1. The van der Waals surface area contributed by atoms with Crippen molar-refractivity contribution in [1.82, 2.24) is 3.97 Å². The number of nitriles is 1. The minimum absolute atomic E-state index is 0.127. The maximum Gasteiger partial charge on any atom is 0.268 e. The number of hydrogen-bond acceptors (Lipinski definition) is 4. The molecule has 1 heterocycles. The van der Waals surface area contributed by atoms with Gasteiger partial charge in [0.15, 0.2) is 5.78 Å². The van der Waals surface area contributed by atoms with Crippen molar-refractivity contribution in [2.75, 3.05) is 5.88 Å². The van der Waals surface area contributed by atoms with Crippen molar-refractivity contribution in [1.29, 1.82) is 5.26 Å². The summed E-state index contributed by atoms with van der Waals surface area (Å²) in [5, 5.41) is 11.4. The van der Waals surface area contributed by atoms with Gasteiger partial charge in [-0.1, -0.05) is 30.3 Å². The fourth-order valence-corrected chi connectivity index (χ4v) is 5.03. The number of aromatic nitrogens is 1. The predicted octanol–water partition coefficient (Wildman–Crippen LogP) is 5.10. The minimum atomic E-state index is -3.95. The smallest absolute Gasteiger partial charge is 0.268 e. The fraction of sp³-hybridized carbons (Fsp3) is 0.130. The zero-order chi connectivity index (χ0) is 21.3. The Balaban J connectivity index is 1.92. The zero-order valence-electron chi connectivity index (χ0n) is 15.9. The van der Waals surface area contributed by atoms with Crippen LogP contribution in [0.4, 0.5) is 0 Å². The molecule has 150 valence electrons. The van der Waals surface area contributed by atoms with E-state index >= 15 is 0 Å².